The summed E-state index contributed by atoms with van der Waals surface area (Å²) in [6, 6.07) is 5.80. The van der Waals surface area contributed by atoms with Crippen molar-refractivity contribution in [2.45, 2.75) is 18.8 Å². The molecule has 0 aromatic heterocycles. The van der Waals surface area contributed by atoms with Gasteiger partial charge in [-0.05, 0) is 36.1 Å². The van der Waals surface area contributed by atoms with Gasteiger partial charge < -0.3 is 10.5 Å². The van der Waals surface area contributed by atoms with Crippen LogP contribution in [0, 0.1) is 0 Å². The zero-order chi connectivity index (χ0) is 8.55. The van der Waals surface area contributed by atoms with Gasteiger partial charge in [0, 0.05) is 11.6 Å². The van der Waals surface area contributed by atoms with Crippen LogP contribution < -0.4 is 5.73 Å². The van der Waals surface area contributed by atoms with E-state index < -0.39 is 0 Å². The third-order valence-corrected chi connectivity index (χ3v) is 2.46. The molecule has 0 radical (unpaired) electrons. The molecule has 62 valence electrons. The minimum absolute atomic E-state index is 0.112. The second kappa shape index (κ2) is 2.63. The van der Waals surface area contributed by atoms with Gasteiger partial charge in [-0.3, -0.25) is 0 Å². The number of aryl methyl sites for hydroxylation is 1. The molecule has 0 saturated heterocycles. The van der Waals surface area contributed by atoms with Gasteiger partial charge in [0.25, 0.3) is 0 Å². The predicted molar refractivity (Wildman–Crippen MR) is 48.0 cm³/mol. The molecular formula is C10H11NO. The number of hydrogen-bond donors (Lipinski definition) is 1. The highest BCUT2D eigenvalue weighted by Gasteiger charge is 2.21. The van der Waals surface area contributed by atoms with Crippen LogP contribution in [0.3, 0.4) is 0 Å². The summed E-state index contributed by atoms with van der Waals surface area (Å²) < 4.78 is 0. The molecule has 0 fully saturated rings. The van der Waals surface area contributed by atoms with E-state index in [1.807, 2.05) is 18.2 Å². The molecule has 1 unspecified atom stereocenters. The second-order valence-corrected chi connectivity index (χ2v) is 3.24. The Labute approximate surface area is 71.4 Å². The van der Waals surface area contributed by atoms with Gasteiger partial charge in [-0.15, -0.1) is 0 Å². The summed E-state index contributed by atoms with van der Waals surface area (Å²) in [5.74, 6) is 0.112. The van der Waals surface area contributed by atoms with Crippen LogP contribution in [0.4, 0.5) is 5.69 Å². The van der Waals surface area contributed by atoms with Crippen LogP contribution in [0.25, 0.3) is 0 Å². The average Bonchev–Trinajstić information content (AvgIpc) is 2.46. The molecule has 12 heavy (non-hydrogen) atoms. The van der Waals surface area contributed by atoms with Gasteiger partial charge in [0.2, 0.25) is 0 Å². The van der Waals surface area contributed by atoms with Crippen molar-refractivity contribution in [3.05, 3.63) is 29.3 Å². The van der Waals surface area contributed by atoms with Crippen molar-refractivity contribution in [1.29, 1.82) is 0 Å². The summed E-state index contributed by atoms with van der Waals surface area (Å²) in [5, 5.41) is 0. The zero-order valence-electron chi connectivity index (χ0n) is 6.79. The molecule has 2 rings (SSSR count). The van der Waals surface area contributed by atoms with Crippen LogP contribution in [0.2, 0.25) is 0 Å². The van der Waals surface area contributed by atoms with Crippen molar-refractivity contribution < 1.29 is 4.79 Å². The molecule has 2 heteroatoms. The fraction of sp³-hybridized carbons (Fsp3) is 0.300. The molecule has 0 aliphatic heterocycles. The highest BCUT2D eigenvalue weighted by Crippen LogP contribution is 2.32. The summed E-state index contributed by atoms with van der Waals surface area (Å²) in [4.78, 5) is 10.6. The van der Waals surface area contributed by atoms with E-state index >= 15 is 0 Å². The molecule has 2 nitrogen and oxygen atoms in total. The van der Waals surface area contributed by atoms with Crippen LogP contribution >= 0.6 is 0 Å². The first-order valence-electron chi connectivity index (χ1n) is 4.15. The van der Waals surface area contributed by atoms with Gasteiger partial charge in [0.1, 0.15) is 6.29 Å². The quantitative estimate of drug-likeness (QED) is 0.501. The van der Waals surface area contributed by atoms with E-state index in [1.54, 1.807) is 0 Å². The zero-order valence-corrected chi connectivity index (χ0v) is 6.79. The van der Waals surface area contributed by atoms with E-state index in [-0.39, 0.29) is 5.92 Å². The van der Waals surface area contributed by atoms with E-state index in [4.69, 9.17) is 5.73 Å². The van der Waals surface area contributed by atoms with Crippen LogP contribution in [-0.4, -0.2) is 6.29 Å². The van der Waals surface area contributed by atoms with Crippen LogP contribution in [0.5, 0.6) is 0 Å². The molecule has 0 heterocycles. The largest absolute Gasteiger partial charge is 0.399 e. The second-order valence-electron chi connectivity index (χ2n) is 3.24. The number of nitrogen functional groups attached to an aromatic ring is 1. The number of rotatable bonds is 1. The summed E-state index contributed by atoms with van der Waals surface area (Å²) >= 11 is 0. The normalized spacial score (nSPS) is 20.5. The summed E-state index contributed by atoms with van der Waals surface area (Å²) in [6.45, 7) is 0. The van der Waals surface area contributed by atoms with Gasteiger partial charge in [-0.2, -0.15) is 0 Å². The number of aldehydes is 1. The van der Waals surface area contributed by atoms with E-state index in [9.17, 15) is 4.79 Å². The Morgan fingerprint density at radius 3 is 3.08 bits per heavy atom. The third-order valence-electron chi connectivity index (χ3n) is 2.46. The molecule has 1 aliphatic rings. The highest BCUT2D eigenvalue weighted by atomic mass is 16.1. The van der Waals surface area contributed by atoms with Gasteiger partial charge in [0.05, 0.1) is 0 Å². The lowest BCUT2D eigenvalue weighted by Crippen LogP contribution is -1.94. The number of fused-ring (bicyclic) bond motifs is 1. The molecule has 1 aliphatic carbocycles. The Hall–Kier alpha value is -1.31. The Kier molecular flexibility index (Phi) is 1.61. The van der Waals surface area contributed by atoms with Crippen LogP contribution in [0.15, 0.2) is 18.2 Å². The molecule has 1 aromatic carbocycles. The SMILES string of the molecule is Nc1ccc2c(c1)CCC2C=O. The Morgan fingerprint density at radius 1 is 1.50 bits per heavy atom. The van der Waals surface area contributed by atoms with Gasteiger partial charge >= 0.3 is 0 Å². The van der Waals surface area contributed by atoms with E-state index in [1.165, 1.54) is 11.1 Å². The fourth-order valence-electron chi connectivity index (χ4n) is 1.81. The van der Waals surface area contributed by atoms with E-state index in [0.717, 1.165) is 24.8 Å². The number of carbonyl (C=O) groups excluding carboxylic acids is 1. The Bertz CT molecular complexity index is 320. The van der Waals surface area contributed by atoms with Crippen LogP contribution in [-0.2, 0) is 11.2 Å². The van der Waals surface area contributed by atoms with E-state index in [0.29, 0.717) is 0 Å². The minimum Gasteiger partial charge on any atom is -0.399 e. The molecule has 2 N–H and O–H groups in total. The maximum Gasteiger partial charge on any atom is 0.127 e. The molecule has 0 spiro atoms. The van der Waals surface area contributed by atoms with E-state index in [2.05, 4.69) is 0 Å². The van der Waals surface area contributed by atoms with Crippen molar-refractivity contribution in [2.75, 3.05) is 5.73 Å². The van der Waals surface area contributed by atoms with Crippen molar-refractivity contribution in [1.82, 2.24) is 0 Å². The lowest BCUT2D eigenvalue weighted by molar-refractivity contribution is -0.109. The third kappa shape index (κ3) is 0.998. The summed E-state index contributed by atoms with van der Waals surface area (Å²) in [5.41, 5.74) is 8.83. The first-order valence-corrected chi connectivity index (χ1v) is 4.15. The summed E-state index contributed by atoms with van der Waals surface area (Å²) in [7, 11) is 0. The molecule has 0 saturated carbocycles. The van der Waals surface area contributed by atoms with Gasteiger partial charge in [0.15, 0.2) is 0 Å². The molecule has 0 amide bonds. The van der Waals surface area contributed by atoms with Gasteiger partial charge in [-0.1, -0.05) is 6.07 Å². The molecule has 1 aromatic rings. The molecule has 0 bridgehead atoms. The first kappa shape index (κ1) is 7.35. The average molecular weight is 161 g/mol. The Balaban J connectivity index is 2.47. The highest BCUT2D eigenvalue weighted by molar-refractivity contribution is 5.66. The summed E-state index contributed by atoms with van der Waals surface area (Å²) in [6.07, 6.45) is 2.97. The monoisotopic (exact) mass is 161 g/mol. The maximum atomic E-state index is 10.6. The van der Waals surface area contributed by atoms with Crippen molar-refractivity contribution in [3.63, 3.8) is 0 Å². The molecule has 1 atom stereocenters. The smallest absolute Gasteiger partial charge is 0.127 e. The molecular weight excluding hydrogens is 150 g/mol. The number of carbonyl (C=O) groups is 1. The first-order chi connectivity index (χ1) is 5.81. The van der Waals surface area contributed by atoms with Gasteiger partial charge in [-0.25, -0.2) is 0 Å². The minimum atomic E-state index is 0.112. The van der Waals surface area contributed by atoms with Crippen molar-refractivity contribution >= 4 is 12.0 Å². The number of hydrogen-bond acceptors (Lipinski definition) is 2. The Morgan fingerprint density at radius 2 is 2.33 bits per heavy atom. The standard InChI is InChI=1S/C10H11NO/c11-9-3-4-10-7(5-9)1-2-8(10)6-12/h3-6,8H,1-2,11H2. The van der Waals surface area contributed by atoms with Crippen molar-refractivity contribution in [2.24, 2.45) is 0 Å². The fourth-order valence-corrected chi connectivity index (χ4v) is 1.81. The lowest BCUT2D eigenvalue weighted by Gasteiger charge is -2.02. The van der Waals surface area contributed by atoms with Crippen molar-refractivity contribution in [3.8, 4) is 0 Å². The lowest BCUT2D eigenvalue weighted by atomic mass is 10.0. The maximum absolute atomic E-state index is 10.6. The van der Waals surface area contributed by atoms with Crippen LogP contribution in [0.1, 0.15) is 23.5 Å². The topological polar surface area (TPSA) is 43.1 Å². The number of nitrogens with two attached hydrogens (primary N) is 1. The predicted octanol–water partition coefficient (Wildman–Crippen LogP) is 1.50. The number of benzene rings is 1. The number of anilines is 1.